The normalized spacial score (nSPS) is 19.4. The van der Waals surface area contributed by atoms with Crippen LogP contribution in [0.5, 0.6) is 5.75 Å². The molecule has 0 saturated heterocycles. The lowest BCUT2D eigenvalue weighted by Gasteiger charge is -2.33. The molecule has 0 aromatic heterocycles. The van der Waals surface area contributed by atoms with Crippen molar-refractivity contribution in [2.75, 3.05) is 7.11 Å². The predicted octanol–water partition coefficient (Wildman–Crippen LogP) is 2.79. The average molecular weight is 266 g/mol. The van der Waals surface area contributed by atoms with E-state index in [2.05, 4.69) is 12.3 Å². The zero-order valence-corrected chi connectivity index (χ0v) is 11.7. The van der Waals surface area contributed by atoms with Crippen LogP contribution in [-0.4, -0.2) is 13.2 Å². The monoisotopic (exact) mass is 266 g/mol. The molecule has 1 aromatic rings. The van der Waals surface area contributed by atoms with E-state index in [4.69, 9.17) is 10.6 Å². The van der Waals surface area contributed by atoms with Gasteiger partial charge in [-0.25, -0.2) is 4.39 Å². The number of hydrogen-bond donors (Lipinski definition) is 2. The minimum Gasteiger partial charge on any atom is -0.494 e. The number of methoxy groups -OCH3 is 1. The maximum Gasteiger partial charge on any atom is 0.165 e. The number of halogens is 1. The number of nitrogens with two attached hydrogens (primary N) is 1. The summed E-state index contributed by atoms with van der Waals surface area (Å²) >= 11 is 0. The molecule has 0 bridgehead atoms. The molecule has 3 N–H and O–H groups in total. The van der Waals surface area contributed by atoms with Gasteiger partial charge < -0.3 is 4.74 Å². The first-order valence-electron chi connectivity index (χ1n) is 6.87. The van der Waals surface area contributed by atoms with Crippen molar-refractivity contribution in [2.24, 2.45) is 11.3 Å². The molecule has 1 unspecified atom stereocenters. The highest BCUT2D eigenvalue weighted by Crippen LogP contribution is 2.41. The molecule has 19 heavy (non-hydrogen) atoms. The van der Waals surface area contributed by atoms with Gasteiger partial charge in [-0.1, -0.05) is 25.8 Å². The second-order valence-electron chi connectivity index (χ2n) is 5.75. The number of nitrogens with one attached hydrogen (secondary N) is 1. The number of benzene rings is 1. The second-order valence-corrected chi connectivity index (χ2v) is 5.75. The molecule has 106 valence electrons. The van der Waals surface area contributed by atoms with Gasteiger partial charge in [0, 0.05) is 6.04 Å². The summed E-state index contributed by atoms with van der Waals surface area (Å²) in [5.74, 6) is 5.68. The fourth-order valence-corrected chi connectivity index (χ4v) is 3.11. The molecule has 4 heteroatoms. The summed E-state index contributed by atoms with van der Waals surface area (Å²) in [6.45, 7) is 2.27. The van der Waals surface area contributed by atoms with Gasteiger partial charge in [0.1, 0.15) is 0 Å². The summed E-state index contributed by atoms with van der Waals surface area (Å²) in [5.41, 5.74) is 4.09. The number of hydrogen-bond acceptors (Lipinski definition) is 3. The van der Waals surface area contributed by atoms with Crippen LogP contribution in [0.25, 0.3) is 0 Å². The Kier molecular flexibility index (Phi) is 4.42. The molecule has 1 aliphatic rings. The zero-order valence-electron chi connectivity index (χ0n) is 11.7. The van der Waals surface area contributed by atoms with Gasteiger partial charge in [0.15, 0.2) is 11.6 Å². The predicted molar refractivity (Wildman–Crippen MR) is 74.3 cm³/mol. The van der Waals surface area contributed by atoms with E-state index < -0.39 is 0 Å². The van der Waals surface area contributed by atoms with Gasteiger partial charge in [0.25, 0.3) is 0 Å². The summed E-state index contributed by atoms with van der Waals surface area (Å²) in [7, 11) is 1.47. The third-order valence-corrected chi connectivity index (χ3v) is 4.44. The van der Waals surface area contributed by atoms with E-state index in [0.29, 0.717) is 0 Å². The minimum absolute atomic E-state index is 0.183. The standard InChI is InChI=1S/C15H23FN2O/c1-15(7-3-4-8-15)14(18-17)10-11-5-6-13(19-2)12(16)9-11/h5-6,9,14,18H,3-4,7-8,10,17H2,1-2H3. The van der Waals surface area contributed by atoms with Crippen LogP contribution < -0.4 is 16.0 Å². The Morgan fingerprint density at radius 2 is 2.11 bits per heavy atom. The fraction of sp³-hybridized carbons (Fsp3) is 0.600. The molecule has 1 fully saturated rings. The Morgan fingerprint density at radius 1 is 1.42 bits per heavy atom. The Labute approximate surface area is 114 Å². The molecule has 1 aromatic carbocycles. The Morgan fingerprint density at radius 3 is 2.63 bits per heavy atom. The third kappa shape index (κ3) is 3.07. The first-order valence-corrected chi connectivity index (χ1v) is 6.87. The van der Waals surface area contributed by atoms with Crippen molar-refractivity contribution in [3.05, 3.63) is 29.6 Å². The first kappa shape index (κ1) is 14.3. The Balaban J connectivity index is 2.12. The lowest BCUT2D eigenvalue weighted by Crippen LogP contribution is -2.47. The largest absolute Gasteiger partial charge is 0.494 e. The van der Waals surface area contributed by atoms with Crippen molar-refractivity contribution in [3.8, 4) is 5.75 Å². The van der Waals surface area contributed by atoms with E-state index in [0.717, 1.165) is 12.0 Å². The number of ether oxygens (including phenoxy) is 1. The Bertz CT molecular complexity index is 430. The van der Waals surface area contributed by atoms with Gasteiger partial charge in [-0.3, -0.25) is 11.3 Å². The summed E-state index contributed by atoms with van der Waals surface area (Å²) < 4.78 is 18.6. The van der Waals surface area contributed by atoms with Crippen LogP contribution in [0.1, 0.15) is 38.2 Å². The van der Waals surface area contributed by atoms with E-state index in [1.165, 1.54) is 32.8 Å². The van der Waals surface area contributed by atoms with Gasteiger partial charge in [-0.2, -0.15) is 0 Å². The maximum atomic E-state index is 13.7. The molecule has 2 rings (SSSR count). The average Bonchev–Trinajstić information content (AvgIpc) is 2.84. The molecule has 0 radical (unpaired) electrons. The fourth-order valence-electron chi connectivity index (χ4n) is 3.11. The summed E-state index contributed by atoms with van der Waals surface area (Å²) in [5, 5.41) is 0. The zero-order chi connectivity index (χ0) is 13.9. The molecule has 1 atom stereocenters. The van der Waals surface area contributed by atoms with Gasteiger partial charge in [-0.15, -0.1) is 0 Å². The van der Waals surface area contributed by atoms with Crippen LogP contribution in [-0.2, 0) is 6.42 Å². The van der Waals surface area contributed by atoms with Crippen molar-refractivity contribution in [1.82, 2.24) is 5.43 Å². The summed E-state index contributed by atoms with van der Waals surface area (Å²) in [6.07, 6.45) is 5.62. The highest BCUT2D eigenvalue weighted by molar-refractivity contribution is 5.30. The van der Waals surface area contributed by atoms with E-state index in [1.807, 2.05) is 6.07 Å². The highest BCUT2D eigenvalue weighted by atomic mass is 19.1. The molecule has 1 saturated carbocycles. The molecule has 0 amide bonds. The van der Waals surface area contributed by atoms with Crippen molar-refractivity contribution >= 4 is 0 Å². The van der Waals surface area contributed by atoms with Gasteiger partial charge in [-0.05, 0) is 42.4 Å². The number of hydrazine groups is 1. The van der Waals surface area contributed by atoms with E-state index in [-0.39, 0.29) is 23.0 Å². The Hall–Kier alpha value is -1.13. The molecule has 0 heterocycles. The molecular formula is C15H23FN2O. The van der Waals surface area contributed by atoms with Crippen molar-refractivity contribution < 1.29 is 9.13 Å². The summed E-state index contributed by atoms with van der Waals surface area (Å²) in [4.78, 5) is 0. The number of rotatable bonds is 5. The molecular weight excluding hydrogens is 243 g/mol. The van der Waals surface area contributed by atoms with Gasteiger partial charge >= 0.3 is 0 Å². The van der Waals surface area contributed by atoms with Crippen LogP contribution >= 0.6 is 0 Å². The smallest absolute Gasteiger partial charge is 0.165 e. The van der Waals surface area contributed by atoms with Crippen molar-refractivity contribution in [3.63, 3.8) is 0 Å². The maximum absolute atomic E-state index is 13.7. The lowest BCUT2D eigenvalue weighted by molar-refractivity contribution is 0.220. The topological polar surface area (TPSA) is 47.3 Å². The highest BCUT2D eigenvalue weighted by Gasteiger charge is 2.36. The van der Waals surface area contributed by atoms with Crippen LogP contribution in [0.2, 0.25) is 0 Å². The van der Waals surface area contributed by atoms with Gasteiger partial charge in [0.05, 0.1) is 7.11 Å². The van der Waals surface area contributed by atoms with E-state index >= 15 is 0 Å². The van der Waals surface area contributed by atoms with Crippen LogP contribution in [0.3, 0.4) is 0 Å². The molecule has 0 spiro atoms. The van der Waals surface area contributed by atoms with Crippen LogP contribution in [0.4, 0.5) is 4.39 Å². The second kappa shape index (κ2) is 5.88. The lowest BCUT2D eigenvalue weighted by atomic mass is 9.78. The minimum atomic E-state index is -0.313. The molecule has 1 aliphatic carbocycles. The van der Waals surface area contributed by atoms with E-state index in [1.54, 1.807) is 12.1 Å². The molecule has 3 nitrogen and oxygen atoms in total. The van der Waals surface area contributed by atoms with Crippen LogP contribution in [0, 0.1) is 11.2 Å². The van der Waals surface area contributed by atoms with Gasteiger partial charge in [0.2, 0.25) is 0 Å². The quantitative estimate of drug-likeness (QED) is 0.636. The van der Waals surface area contributed by atoms with Crippen molar-refractivity contribution in [2.45, 2.75) is 45.1 Å². The SMILES string of the molecule is COc1ccc(CC(NN)C2(C)CCCC2)cc1F. The van der Waals surface area contributed by atoms with Crippen LogP contribution in [0.15, 0.2) is 18.2 Å². The van der Waals surface area contributed by atoms with Crippen molar-refractivity contribution in [1.29, 1.82) is 0 Å². The summed E-state index contributed by atoms with van der Waals surface area (Å²) in [6, 6.07) is 5.31. The third-order valence-electron chi connectivity index (χ3n) is 4.44. The molecule has 0 aliphatic heterocycles. The van der Waals surface area contributed by atoms with E-state index in [9.17, 15) is 4.39 Å². The first-order chi connectivity index (χ1) is 9.09.